The molecule has 3 fully saturated rings. The van der Waals surface area contributed by atoms with Gasteiger partial charge in [0.15, 0.2) is 0 Å². The SMILES string of the molecule is Cc1cc(C)c2cccc(OCc3c(Cl)ccc(S(=O)(=O)NC4(C(=O)N5CCN(C(=O)[C@@H](N)CC6CCNCC6)CC5)CCCC4)c3Cl)c2n1.O=C(O)C(F)(F)F.O=C(O)C(F)(F)F.O=C(O)C(F)(F)F. The number of carbonyl (C=O) groups excluding carboxylic acids is 2. The topological polar surface area (TPSA) is 259 Å². The third-order valence-electron chi connectivity index (χ3n) is 11.1. The van der Waals surface area contributed by atoms with Crippen molar-refractivity contribution >= 4 is 73.9 Å². The molecule has 0 radical (unpaired) electrons. The van der Waals surface area contributed by atoms with Gasteiger partial charge < -0.3 is 40.9 Å². The van der Waals surface area contributed by atoms with Crippen molar-refractivity contribution in [3.8, 4) is 5.75 Å². The lowest BCUT2D eigenvalue weighted by molar-refractivity contribution is -0.193. The number of amides is 2. The van der Waals surface area contributed by atoms with E-state index >= 15 is 0 Å². The second kappa shape index (κ2) is 24.9. The number of para-hydroxylation sites is 1. The number of rotatable bonds is 10. The molecule has 2 saturated heterocycles. The fraction of sp³-hybridized carbons (Fsp3) is 0.524. The van der Waals surface area contributed by atoms with E-state index in [1.54, 1.807) is 15.9 Å². The van der Waals surface area contributed by atoms with E-state index in [0.29, 0.717) is 81.0 Å². The summed E-state index contributed by atoms with van der Waals surface area (Å²) in [6.45, 7) is 7.03. The first kappa shape index (κ1) is 60.1. The number of nitrogens with two attached hydrogens (primary N) is 1. The average molecular weight is 1090 g/mol. The minimum absolute atomic E-state index is 0.0703. The summed E-state index contributed by atoms with van der Waals surface area (Å²) in [4.78, 5) is 61.8. The molecule has 2 aromatic carbocycles. The molecule has 17 nitrogen and oxygen atoms in total. The normalized spacial score (nSPS) is 16.8. The summed E-state index contributed by atoms with van der Waals surface area (Å²) in [6, 6.07) is 9.90. The van der Waals surface area contributed by atoms with Gasteiger partial charge in [-0.05, 0) is 94.8 Å². The van der Waals surface area contributed by atoms with Crippen LogP contribution in [0, 0.1) is 19.8 Å². The number of alkyl halides is 9. The van der Waals surface area contributed by atoms with E-state index in [1.807, 2.05) is 32.0 Å². The van der Waals surface area contributed by atoms with Gasteiger partial charge in [-0.3, -0.25) is 9.59 Å². The smallest absolute Gasteiger partial charge is 0.487 e. The van der Waals surface area contributed by atoms with Crippen molar-refractivity contribution < 1.29 is 92.0 Å². The molecule has 1 aromatic heterocycles. The number of benzene rings is 2. The van der Waals surface area contributed by atoms with Gasteiger partial charge in [-0.25, -0.2) is 27.8 Å². The van der Waals surface area contributed by atoms with Crippen LogP contribution in [-0.4, -0.2) is 138 Å². The number of ether oxygens (including phenoxy) is 1. The van der Waals surface area contributed by atoms with Gasteiger partial charge in [0.1, 0.15) is 28.3 Å². The molecule has 2 aliphatic heterocycles. The molecular formula is C42H49Cl2F9N6O11S. The number of piperazine rings is 1. The quantitative estimate of drug-likeness (QED) is 0.117. The number of sulfonamides is 1. The van der Waals surface area contributed by atoms with Crippen molar-refractivity contribution in [3.63, 3.8) is 0 Å². The van der Waals surface area contributed by atoms with Gasteiger partial charge >= 0.3 is 36.4 Å². The third kappa shape index (κ3) is 17.2. The number of piperidine rings is 1. The molecule has 3 aromatic rings. The van der Waals surface area contributed by atoms with Crippen LogP contribution in [0.2, 0.25) is 10.0 Å². The summed E-state index contributed by atoms with van der Waals surface area (Å²) >= 11 is 13.3. The third-order valence-corrected chi connectivity index (χ3v) is 13.6. The number of nitrogens with one attached hydrogen (secondary N) is 2. The standard InChI is InChI=1S/C36H46Cl2N6O5S.3C2HF3O2/c1-23-20-24(2)41-33-26(23)6-5-7-30(33)49-22-27-28(37)8-9-31(32(27)38)50(47,48)42-36(12-3-4-13-36)35(46)44-18-16-43(17-19-44)34(45)29(39)21-25-10-14-40-15-11-25;3*3-2(4,5)1(6)7/h5-9,20,25,29,40,42H,3-4,10-19,21-22,39H2,1-2H3;3*(H,6,7)/t29-;;;/m0.../s1. The van der Waals surface area contributed by atoms with Gasteiger partial charge in [-0.1, -0.05) is 48.2 Å². The number of carboxylic acid groups (broad SMARTS) is 3. The molecule has 3 heterocycles. The molecule has 1 aliphatic carbocycles. The Hall–Kier alpha value is -5.22. The van der Waals surface area contributed by atoms with Crippen LogP contribution >= 0.6 is 23.2 Å². The van der Waals surface area contributed by atoms with Crippen molar-refractivity contribution in [1.82, 2.24) is 24.8 Å². The molecule has 29 heteroatoms. The van der Waals surface area contributed by atoms with Crippen molar-refractivity contribution in [2.24, 2.45) is 11.7 Å². The van der Waals surface area contributed by atoms with Gasteiger partial charge in [-0.15, -0.1) is 0 Å². The van der Waals surface area contributed by atoms with E-state index in [-0.39, 0.29) is 33.4 Å². The Morgan fingerprint density at radius 3 is 1.83 bits per heavy atom. The highest BCUT2D eigenvalue weighted by Gasteiger charge is 2.48. The summed E-state index contributed by atoms with van der Waals surface area (Å²) in [7, 11) is -4.28. The number of aryl methyl sites for hydroxylation is 2. The predicted molar refractivity (Wildman–Crippen MR) is 236 cm³/mol. The van der Waals surface area contributed by atoms with E-state index in [1.165, 1.54) is 12.1 Å². The Morgan fingerprint density at radius 1 is 0.845 bits per heavy atom. The zero-order valence-electron chi connectivity index (χ0n) is 37.6. The summed E-state index contributed by atoms with van der Waals surface area (Å²) < 4.78 is 132. The molecule has 6 rings (SSSR count). The Morgan fingerprint density at radius 2 is 1.34 bits per heavy atom. The number of aromatic nitrogens is 1. The lowest BCUT2D eigenvalue weighted by Gasteiger charge is -2.40. The van der Waals surface area contributed by atoms with E-state index in [4.69, 9.17) is 63.4 Å². The highest BCUT2D eigenvalue weighted by Crippen LogP contribution is 2.38. The van der Waals surface area contributed by atoms with Gasteiger partial charge in [-0.2, -0.15) is 44.2 Å². The first-order valence-electron chi connectivity index (χ1n) is 21.2. The summed E-state index contributed by atoms with van der Waals surface area (Å²) in [6.07, 6.45) is -10.4. The van der Waals surface area contributed by atoms with Crippen LogP contribution in [0.4, 0.5) is 39.5 Å². The molecule has 2 amide bonds. The summed E-state index contributed by atoms with van der Waals surface area (Å²) in [5.74, 6) is -7.69. The number of aliphatic carboxylic acids is 3. The van der Waals surface area contributed by atoms with Gasteiger partial charge in [0.25, 0.3) is 0 Å². The number of hydrogen-bond donors (Lipinski definition) is 6. The summed E-state index contributed by atoms with van der Waals surface area (Å²) in [5.41, 5.74) is 7.92. The van der Waals surface area contributed by atoms with Crippen molar-refractivity contribution in [2.75, 3.05) is 39.3 Å². The van der Waals surface area contributed by atoms with Crippen molar-refractivity contribution in [2.45, 2.75) is 100 Å². The molecule has 3 aliphatic rings. The van der Waals surface area contributed by atoms with Crippen LogP contribution in [0.3, 0.4) is 0 Å². The Balaban J connectivity index is 0.000000529. The molecule has 0 unspecified atom stereocenters. The van der Waals surface area contributed by atoms with Crippen LogP contribution in [0.5, 0.6) is 5.75 Å². The van der Waals surface area contributed by atoms with Crippen molar-refractivity contribution in [1.29, 1.82) is 0 Å². The Labute approximate surface area is 409 Å². The molecule has 396 valence electrons. The minimum Gasteiger partial charge on any atom is -0.487 e. The maximum Gasteiger partial charge on any atom is 0.490 e. The number of carbonyl (C=O) groups is 5. The van der Waals surface area contributed by atoms with E-state index < -0.39 is 58.0 Å². The maximum absolute atomic E-state index is 14.1. The highest BCUT2D eigenvalue weighted by atomic mass is 35.5. The van der Waals surface area contributed by atoms with Crippen LogP contribution in [0.25, 0.3) is 10.9 Å². The lowest BCUT2D eigenvalue weighted by atomic mass is 9.91. The number of fused-ring (bicyclic) bond motifs is 1. The molecule has 0 bridgehead atoms. The Bertz CT molecular complexity index is 2440. The molecule has 71 heavy (non-hydrogen) atoms. The van der Waals surface area contributed by atoms with Crippen LogP contribution in [-0.2, 0) is 40.6 Å². The van der Waals surface area contributed by atoms with E-state index in [9.17, 15) is 57.5 Å². The fourth-order valence-corrected chi connectivity index (χ4v) is 9.94. The number of pyridine rings is 1. The zero-order valence-corrected chi connectivity index (χ0v) is 39.9. The van der Waals surface area contributed by atoms with Gasteiger partial charge in [0, 0.05) is 47.8 Å². The molecule has 1 saturated carbocycles. The van der Waals surface area contributed by atoms with E-state index in [0.717, 1.165) is 42.6 Å². The molecular weight excluding hydrogens is 1040 g/mol. The average Bonchev–Trinajstić information content (AvgIpc) is 3.74. The van der Waals surface area contributed by atoms with Gasteiger partial charge in [0.2, 0.25) is 21.8 Å². The van der Waals surface area contributed by atoms with Crippen molar-refractivity contribution in [3.05, 3.63) is 63.3 Å². The van der Waals surface area contributed by atoms with Gasteiger partial charge in [0.05, 0.1) is 11.1 Å². The zero-order chi connectivity index (χ0) is 53.9. The Kier molecular flexibility index (Phi) is 21.1. The van der Waals surface area contributed by atoms with Crippen LogP contribution < -0.4 is 20.5 Å². The number of carboxylic acids is 3. The van der Waals surface area contributed by atoms with E-state index in [2.05, 4.69) is 15.0 Å². The number of nitrogens with zero attached hydrogens (tertiary/aromatic N) is 3. The molecule has 0 spiro atoms. The highest BCUT2D eigenvalue weighted by molar-refractivity contribution is 7.89. The van der Waals surface area contributed by atoms with Crippen LogP contribution in [0.15, 0.2) is 41.3 Å². The number of halogens is 11. The first-order chi connectivity index (χ1) is 32.7. The summed E-state index contributed by atoms with van der Waals surface area (Å²) in [5, 5.41) is 25.8. The second-order valence-electron chi connectivity index (χ2n) is 16.3. The molecule has 7 N–H and O–H groups in total. The maximum atomic E-state index is 14.1. The minimum atomic E-state index is -5.08. The monoisotopic (exact) mass is 1090 g/mol. The van der Waals surface area contributed by atoms with Crippen LogP contribution in [0.1, 0.15) is 61.8 Å². The predicted octanol–water partition coefficient (Wildman–Crippen LogP) is 6.62. The fourth-order valence-electron chi connectivity index (χ4n) is 7.63. The number of hydrogen-bond acceptors (Lipinski definition) is 11. The lowest BCUT2D eigenvalue weighted by Crippen LogP contribution is -2.62. The largest absolute Gasteiger partial charge is 0.490 e. The molecule has 1 atom stereocenters. The first-order valence-corrected chi connectivity index (χ1v) is 23.4. The second-order valence-corrected chi connectivity index (χ2v) is 18.8.